The second kappa shape index (κ2) is 9.48. The van der Waals surface area contributed by atoms with Gasteiger partial charge >= 0.3 is 0 Å². The summed E-state index contributed by atoms with van der Waals surface area (Å²) in [6.45, 7) is 0.461. The lowest BCUT2D eigenvalue weighted by atomic mass is 10.1. The third-order valence-electron chi connectivity index (χ3n) is 5.27. The van der Waals surface area contributed by atoms with Gasteiger partial charge in [-0.05, 0) is 48.0 Å². The molecular formula is C25H19FN4O3S. The van der Waals surface area contributed by atoms with E-state index in [4.69, 9.17) is 4.74 Å². The first-order valence-corrected chi connectivity index (χ1v) is 11.5. The number of benzene rings is 3. The lowest BCUT2D eigenvalue weighted by Gasteiger charge is -2.18. The molecule has 4 aromatic rings. The van der Waals surface area contributed by atoms with Crippen LogP contribution in [0, 0.1) is 5.82 Å². The number of ether oxygens (including phenoxy) is 1. The molecule has 0 aliphatic carbocycles. The Hall–Kier alpha value is -3.98. The van der Waals surface area contributed by atoms with Crippen LogP contribution in [0.1, 0.15) is 15.9 Å². The lowest BCUT2D eigenvalue weighted by Crippen LogP contribution is -2.25. The highest BCUT2D eigenvalue weighted by molar-refractivity contribution is 7.99. The predicted molar refractivity (Wildman–Crippen MR) is 127 cm³/mol. The average Bonchev–Trinajstić information content (AvgIpc) is 3.25. The van der Waals surface area contributed by atoms with E-state index in [1.54, 1.807) is 30.3 Å². The van der Waals surface area contributed by atoms with Crippen molar-refractivity contribution in [2.45, 2.75) is 11.7 Å². The van der Waals surface area contributed by atoms with Crippen LogP contribution < -0.4 is 10.1 Å². The quantitative estimate of drug-likeness (QED) is 0.315. The van der Waals surface area contributed by atoms with Crippen LogP contribution in [-0.4, -0.2) is 38.8 Å². The zero-order valence-electron chi connectivity index (χ0n) is 17.9. The molecule has 0 saturated heterocycles. The molecule has 3 aromatic carbocycles. The third kappa shape index (κ3) is 4.69. The van der Waals surface area contributed by atoms with Gasteiger partial charge in [0.05, 0.1) is 18.0 Å². The van der Waals surface area contributed by atoms with Gasteiger partial charge in [-0.3, -0.25) is 14.2 Å². The number of aromatic nitrogens is 3. The summed E-state index contributed by atoms with van der Waals surface area (Å²) in [5.74, 6) is 0.552. The minimum atomic E-state index is -0.329. The normalized spacial score (nSPS) is 12.6. The van der Waals surface area contributed by atoms with Crippen LogP contribution in [0.15, 0.2) is 78.0 Å². The van der Waals surface area contributed by atoms with E-state index in [0.29, 0.717) is 34.5 Å². The summed E-state index contributed by atoms with van der Waals surface area (Å²) < 4.78 is 20.7. The molecule has 0 saturated carbocycles. The fourth-order valence-electron chi connectivity index (χ4n) is 3.59. The van der Waals surface area contributed by atoms with E-state index in [2.05, 4.69) is 15.5 Å². The molecule has 0 bridgehead atoms. The minimum absolute atomic E-state index is 0.0381. The molecule has 170 valence electrons. The number of rotatable bonds is 7. The van der Waals surface area contributed by atoms with Gasteiger partial charge in [0, 0.05) is 11.1 Å². The van der Waals surface area contributed by atoms with Crippen molar-refractivity contribution in [3.63, 3.8) is 0 Å². The molecule has 34 heavy (non-hydrogen) atoms. The standard InChI is InChI=1S/C25H19FN4O3S/c26-19-9-6-17(7-10-19)24-28-29-25(30(24)13-16-4-2-1-3-5-16)34-15-21(31)18-8-11-22-20(12-18)27-23(32)14-33-22/h1-12H,13-15H2,(H,27,32). The molecule has 0 unspecified atom stereocenters. The fraction of sp³-hybridized carbons (Fsp3) is 0.120. The van der Waals surface area contributed by atoms with Crippen molar-refractivity contribution in [1.82, 2.24) is 14.8 Å². The van der Waals surface area contributed by atoms with E-state index >= 15 is 0 Å². The van der Waals surface area contributed by atoms with Crippen molar-refractivity contribution >= 4 is 29.1 Å². The summed E-state index contributed by atoms with van der Waals surface area (Å²) in [6, 6.07) is 20.9. The maximum Gasteiger partial charge on any atom is 0.262 e. The van der Waals surface area contributed by atoms with Gasteiger partial charge in [0.15, 0.2) is 23.4 Å². The largest absolute Gasteiger partial charge is 0.482 e. The highest BCUT2D eigenvalue weighted by Gasteiger charge is 2.20. The van der Waals surface area contributed by atoms with E-state index in [1.165, 1.54) is 23.9 Å². The number of halogens is 1. The van der Waals surface area contributed by atoms with Gasteiger partial charge < -0.3 is 10.1 Å². The molecule has 1 aliphatic heterocycles. The Morgan fingerprint density at radius 3 is 2.65 bits per heavy atom. The summed E-state index contributed by atoms with van der Waals surface area (Å²) in [4.78, 5) is 24.5. The number of carbonyl (C=O) groups excluding carboxylic acids is 2. The van der Waals surface area contributed by atoms with E-state index in [9.17, 15) is 14.0 Å². The van der Waals surface area contributed by atoms with E-state index in [0.717, 1.165) is 11.1 Å². The molecule has 0 radical (unpaired) electrons. The summed E-state index contributed by atoms with van der Waals surface area (Å²) in [7, 11) is 0. The number of ketones is 1. The molecule has 1 aromatic heterocycles. The molecule has 9 heteroatoms. The summed E-state index contributed by atoms with van der Waals surface area (Å²) in [5, 5.41) is 11.9. The molecule has 0 atom stereocenters. The number of carbonyl (C=O) groups is 2. The van der Waals surface area contributed by atoms with Gasteiger partial charge in [0.25, 0.3) is 5.91 Å². The Bertz CT molecular complexity index is 1360. The second-order valence-corrected chi connectivity index (χ2v) is 8.59. The molecule has 7 nitrogen and oxygen atoms in total. The molecule has 5 rings (SSSR count). The van der Waals surface area contributed by atoms with E-state index in [-0.39, 0.29) is 29.9 Å². The highest BCUT2D eigenvalue weighted by atomic mass is 32.2. The van der Waals surface area contributed by atoms with Gasteiger partial charge in [0.2, 0.25) is 0 Å². The van der Waals surface area contributed by atoms with Crippen LogP contribution in [-0.2, 0) is 11.3 Å². The topological polar surface area (TPSA) is 86.1 Å². The monoisotopic (exact) mass is 474 g/mol. The Balaban J connectivity index is 1.39. The Kier molecular flexibility index (Phi) is 6.09. The van der Waals surface area contributed by atoms with Gasteiger partial charge in [-0.15, -0.1) is 10.2 Å². The molecule has 1 aliphatic rings. The van der Waals surface area contributed by atoms with Crippen LogP contribution >= 0.6 is 11.8 Å². The van der Waals surface area contributed by atoms with Crippen LogP contribution in [0.25, 0.3) is 11.4 Å². The number of Topliss-reactive ketones (excluding diaryl/α,β-unsaturated/α-hetero) is 1. The fourth-order valence-corrected chi connectivity index (χ4v) is 4.42. The summed E-state index contributed by atoms with van der Waals surface area (Å²) >= 11 is 1.27. The van der Waals surface area contributed by atoms with Gasteiger partial charge in [-0.25, -0.2) is 4.39 Å². The minimum Gasteiger partial charge on any atom is -0.482 e. The summed E-state index contributed by atoms with van der Waals surface area (Å²) in [6.07, 6.45) is 0. The zero-order valence-corrected chi connectivity index (χ0v) is 18.7. The number of anilines is 1. The van der Waals surface area contributed by atoms with Crippen LogP contribution in [0.3, 0.4) is 0 Å². The van der Waals surface area contributed by atoms with Crippen molar-refractivity contribution in [1.29, 1.82) is 0 Å². The first-order valence-electron chi connectivity index (χ1n) is 10.5. The molecule has 1 amide bonds. The molecule has 0 spiro atoms. The maximum atomic E-state index is 13.4. The van der Waals surface area contributed by atoms with Crippen LogP contribution in [0.4, 0.5) is 10.1 Å². The highest BCUT2D eigenvalue weighted by Crippen LogP contribution is 2.30. The smallest absolute Gasteiger partial charge is 0.262 e. The summed E-state index contributed by atoms with van der Waals surface area (Å²) in [5.41, 5.74) is 2.72. The van der Waals surface area contributed by atoms with Gasteiger partial charge in [-0.1, -0.05) is 42.1 Å². The molecular weight excluding hydrogens is 455 g/mol. The number of nitrogens with one attached hydrogen (secondary N) is 1. The molecule has 2 heterocycles. The van der Waals surface area contributed by atoms with E-state index < -0.39 is 0 Å². The number of hydrogen-bond donors (Lipinski definition) is 1. The van der Waals surface area contributed by atoms with Gasteiger partial charge in [-0.2, -0.15) is 0 Å². The number of hydrogen-bond acceptors (Lipinski definition) is 6. The lowest BCUT2D eigenvalue weighted by molar-refractivity contribution is -0.118. The number of fused-ring (bicyclic) bond motifs is 1. The third-order valence-corrected chi connectivity index (χ3v) is 6.24. The Morgan fingerprint density at radius 2 is 1.85 bits per heavy atom. The van der Waals surface area contributed by atoms with Crippen LogP contribution in [0.5, 0.6) is 5.75 Å². The zero-order chi connectivity index (χ0) is 23.5. The van der Waals surface area contributed by atoms with Crippen molar-refractivity contribution in [3.8, 4) is 17.1 Å². The number of amides is 1. The van der Waals surface area contributed by atoms with E-state index in [1.807, 2.05) is 34.9 Å². The number of nitrogens with zero attached hydrogens (tertiary/aromatic N) is 3. The maximum absolute atomic E-state index is 13.4. The molecule has 1 N–H and O–H groups in total. The van der Waals surface area contributed by atoms with Crippen molar-refractivity contribution in [2.75, 3.05) is 17.7 Å². The predicted octanol–water partition coefficient (Wildman–Crippen LogP) is 4.44. The van der Waals surface area contributed by atoms with Crippen molar-refractivity contribution in [3.05, 3.63) is 89.7 Å². The first kappa shape index (κ1) is 21.8. The SMILES string of the molecule is O=C1COc2ccc(C(=O)CSc3nnc(-c4ccc(F)cc4)n3Cc3ccccc3)cc2N1. The Morgan fingerprint density at radius 1 is 1.06 bits per heavy atom. The second-order valence-electron chi connectivity index (χ2n) is 7.64. The van der Waals surface area contributed by atoms with Crippen molar-refractivity contribution in [2.24, 2.45) is 0 Å². The van der Waals surface area contributed by atoms with Crippen molar-refractivity contribution < 1.29 is 18.7 Å². The number of thioether (sulfide) groups is 1. The average molecular weight is 475 g/mol. The first-order chi connectivity index (χ1) is 16.6. The molecule has 0 fully saturated rings. The van der Waals surface area contributed by atoms with Crippen LogP contribution in [0.2, 0.25) is 0 Å². The van der Waals surface area contributed by atoms with Gasteiger partial charge in [0.1, 0.15) is 11.6 Å². The Labute approximate surface area is 199 Å².